The van der Waals surface area contributed by atoms with Crippen molar-refractivity contribution >= 4 is 46.2 Å². The summed E-state index contributed by atoms with van der Waals surface area (Å²) in [5, 5.41) is 13.3. The highest BCUT2D eigenvalue weighted by Crippen LogP contribution is 2.30. The zero-order valence-corrected chi connectivity index (χ0v) is 11.5. The van der Waals surface area contributed by atoms with Gasteiger partial charge in [-0.25, -0.2) is 4.79 Å². The number of carboxylic acid groups (broad SMARTS) is 1. The summed E-state index contributed by atoms with van der Waals surface area (Å²) < 4.78 is 0. The van der Waals surface area contributed by atoms with Gasteiger partial charge in [0.1, 0.15) is 0 Å². The van der Waals surface area contributed by atoms with Crippen molar-refractivity contribution in [2.45, 2.75) is 0 Å². The molecule has 0 aromatic heterocycles. The molecule has 0 unspecified atom stereocenters. The van der Waals surface area contributed by atoms with Crippen LogP contribution in [-0.4, -0.2) is 11.1 Å². The Morgan fingerprint density at radius 3 is 1.95 bits per heavy atom. The van der Waals surface area contributed by atoms with E-state index in [1.54, 1.807) is 6.08 Å². The first-order valence-electron chi connectivity index (χ1n) is 6.21. The van der Waals surface area contributed by atoms with Crippen LogP contribution in [0, 0.1) is 0 Å². The van der Waals surface area contributed by atoms with Crippen molar-refractivity contribution in [3.63, 3.8) is 0 Å². The molecule has 2 nitrogen and oxygen atoms in total. The Bertz CT molecular complexity index is 796. The summed E-state index contributed by atoms with van der Waals surface area (Å²) in [5.74, 6) is -1.02. The lowest BCUT2D eigenvalue weighted by Crippen LogP contribution is -1.94. The maximum atomic E-state index is 11.0. The number of hydrogen-bond donors (Lipinski definition) is 2. The Morgan fingerprint density at radius 1 is 0.950 bits per heavy atom. The molecule has 0 bridgehead atoms. The van der Waals surface area contributed by atoms with E-state index in [-0.39, 0.29) is 4.91 Å². The number of aliphatic carboxylic acids is 1. The first-order chi connectivity index (χ1) is 9.66. The van der Waals surface area contributed by atoms with Gasteiger partial charge in [-0.3, -0.25) is 0 Å². The second kappa shape index (κ2) is 5.02. The van der Waals surface area contributed by atoms with Crippen molar-refractivity contribution in [2.24, 2.45) is 0 Å². The fourth-order valence-corrected chi connectivity index (χ4v) is 2.53. The summed E-state index contributed by atoms with van der Waals surface area (Å²) in [5.41, 5.74) is 0.895. The highest BCUT2D eigenvalue weighted by atomic mass is 32.1. The topological polar surface area (TPSA) is 37.3 Å². The van der Waals surface area contributed by atoms with Crippen LogP contribution in [0.15, 0.2) is 59.5 Å². The average Bonchev–Trinajstić information content (AvgIpc) is 2.46. The second-order valence-electron chi connectivity index (χ2n) is 4.57. The predicted molar refractivity (Wildman–Crippen MR) is 86.1 cm³/mol. The maximum Gasteiger partial charge on any atom is 0.341 e. The molecule has 3 aromatic carbocycles. The highest BCUT2D eigenvalue weighted by Gasteiger charge is 2.08. The normalized spacial score (nSPS) is 11.9. The monoisotopic (exact) mass is 280 g/mol. The van der Waals surface area contributed by atoms with Crippen molar-refractivity contribution in [1.29, 1.82) is 0 Å². The summed E-state index contributed by atoms with van der Waals surface area (Å²) >= 11 is 4.05. The van der Waals surface area contributed by atoms with E-state index in [2.05, 4.69) is 18.7 Å². The summed E-state index contributed by atoms with van der Waals surface area (Å²) in [6.07, 6.45) is 1.62. The van der Waals surface area contributed by atoms with Gasteiger partial charge >= 0.3 is 5.97 Å². The van der Waals surface area contributed by atoms with Crippen molar-refractivity contribution in [3.05, 3.63) is 65.1 Å². The van der Waals surface area contributed by atoms with Crippen molar-refractivity contribution in [3.8, 4) is 0 Å². The van der Waals surface area contributed by atoms with Crippen LogP contribution in [0.2, 0.25) is 0 Å². The molecule has 1 N–H and O–H groups in total. The minimum Gasteiger partial charge on any atom is -0.477 e. The van der Waals surface area contributed by atoms with Gasteiger partial charge in [0.2, 0.25) is 0 Å². The number of benzene rings is 3. The van der Waals surface area contributed by atoms with Gasteiger partial charge in [-0.15, -0.1) is 12.6 Å². The third-order valence-electron chi connectivity index (χ3n) is 3.31. The zero-order valence-electron chi connectivity index (χ0n) is 10.6. The van der Waals surface area contributed by atoms with E-state index in [0.717, 1.165) is 27.1 Å². The van der Waals surface area contributed by atoms with Crippen LogP contribution in [0.25, 0.3) is 27.6 Å². The molecule has 0 radical (unpaired) electrons. The highest BCUT2D eigenvalue weighted by molar-refractivity contribution is 7.85. The van der Waals surface area contributed by atoms with Gasteiger partial charge in [0, 0.05) is 0 Å². The lowest BCUT2D eigenvalue weighted by molar-refractivity contribution is -0.131. The molecule has 0 amide bonds. The standard InChI is InChI=1S/C17H12O2S/c18-17(19)16(20)10-15-13-7-3-1-5-11(13)9-12-6-2-4-8-14(12)15/h1-10,20H,(H,18,19)/b16-10-. The molecule has 0 fully saturated rings. The Morgan fingerprint density at radius 2 is 1.45 bits per heavy atom. The van der Waals surface area contributed by atoms with Gasteiger partial charge < -0.3 is 5.11 Å². The van der Waals surface area contributed by atoms with E-state index in [1.165, 1.54) is 0 Å². The molecule has 0 aliphatic carbocycles. The smallest absolute Gasteiger partial charge is 0.341 e. The minimum atomic E-state index is -1.02. The van der Waals surface area contributed by atoms with E-state index >= 15 is 0 Å². The van der Waals surface area contributed by atoms with Crippen LogP contribution >= 0.6 is 12.6 Å². The molecule has 20 heavy (non-hydrogen) atoms. The van der Waals surface area contributed by atoms with E-state index in [4.69, 9.17) is 5.11 Å². The van der Waals surface area contributed by atoms with Gasteiger partial charge in [-0.2, -0.15) is 0 Å². The fraction of sp³-hybridized carbons (Fsp3) is 0. The molecule has 98 valence electrons. The Labute approximate surface area is 121 Å². The van der Waals surface area contributed by atoms with Crippen molar-refractivity contribution in [1.82, 2.24) is 0 Å². The Kier molecular flexibility index (Phi) is 3.20. The summed E-state index contributed by atoms with van der Waals surface area (Å²) in [6.45, 7) is 0. The number of hydrogen-bond acceptors (Lipinski definition) is 2. The quantitative estimate of drug-likeness (QED) is 0.416. The lowest BCUT2D eigenvalue weighted by Gasteiger charge is -2.08. The molecule has 3 heteroatoms. The molecule has 0 heterocycles. The molecule has 3 rings (SSSR count). The molecular formula is C17H12O2S. The van der Waals surface area contributed by atoms with E-state index in [9.17, 15) is 4.79 Å². The molecular weight excluding hydrogens is 268 g/mol. The molecule has 0 saturated carbocycles. The van der Waals surface area contributed by atoms with Crippen LogP contribution < -0.4 is 0 Å². The molecule has 0 spiro atoms. The van der Waals surface area contributed by atoms with E-state index in [0.29, 0.717) is 0 Å². The van der Waals surface area contributed by atoms with E-state index < -0.39 is 5.97 Å². The Balaban J connectivity index is 2.45. The van der Waals surface area contributed by atoms with Gasteiger partial charge in [0.15, 0.2) is 0 Å². The van der Waals surface area contributed by atoms with Crippen LogP contribution in [0.1, 0.15) is 5.56 Å². The summed E-state index contributed by atoms with van der Waals surface area (Å²) in [4.78, 5) is 11.1. The fourth-order valence-electron chi connectivity index (χ4n) is 2.40. The lowest BCUT2D eigenvalue weighted by atomic mass is 9.96. The van der Waals surface area contributed by atoms with Crippen LogP contribution in [-0.2, 0) is 4.79 Å². The van der Waals surface area contributed by atoms with Crippen LogP contribution in [0.5, 0.6) is 0 Å². The average molecular weight is 280 g/mol. The third kappa shape index (κ3) is 2.17. The first kappa shape index (κ1) is 12.8. The van der Waals surface area contributed by atoms with E-state index in [1.807, 2.05) is 48.5 Å². The maximum absolute atomic E-state index is 11.0. The molecule has 0 atom stereocenters. The summed E-state index contributed by atoms with van der Waals surface area (Å²) in [7, 11) is 0. The number of carboxylic acids is 1. The molecule has 0 saturated heterocycles. The zero-order chi connectivity index (χ0) is 14.1. The van der Waals surface area contributed by atoms with Gasteiger partial charge in [-0.1, -0.05) is 48.5 Å². The summed E-state index contributed by atoms with van der Waals surface area (Å²) in [6, 6.07) is 18.0. The number of rotatable bonds is 2. The van der Waals surface area contributed by atoms with Crippen LogP contribution in [0.3, 0.4) is 0 Å². The third-order valence-corrected chi connectivity index (χ3v) is 3.63. The van der Waals surface area contributed by atoms with Gasteiger partial charge in [0.25, 0.3) is 0 Å². The predicted octanol–water partition coefficient (Wildman–Crippen LogP) is 4.35. The Hall–Kier alpha value is -2.26. The number of thiol groups is 1. The number of fused-ring (bicyclic) bond motifs is 2. The van der Waals surface area contributed by atoms with Crippen LogP contribution in [0.4, 0.5) is 0 Å². The van der Waals surface area contributed by atoms with Gasteiger partial charge in [0.05, 0.1) is 4.91 Å². The first-order valence-corrected chi connectivity index (χ1v) is 6.66. The molecule has 0 aliphatic rings. The van der Waals surface area contributed by atoms with Gasteiger partial charge in [-0.05, 0) is 39.3 Å². The van der Waals surface area contributed by atoms with Crippen molar-refractivity contribution in [2.75, 3.05) is 0 Å². The largest absolute Gasteiger partial charge is 0.477 e. The second-order valence-corrected chi connectivity index (χ2v) is 5.05. The molecule has 0 aliphatic heterocycles. The van der Waals surface area contributed by atoms with Crippen molar-refractivity contribution < 1.29 is 9.90 Å². The number of carbonyl (C=O) groups is 1. The minimum absolute atomic E-state index is 0.0338. The SMILES string of the molecule is O=C(O)/C(S)=C/c1c2ccccc2cc2ccccc12. The molecule has 3 aromatic rings.